The molecular weight excluding hydrogens is 366 g/mol. The summed E-state index contributed by atoms with van der Waals surface area (Å²) in [6.07, 6.45) is 0. The van der Waals surface area contributed by atoms with Crippen LogP contribution in [0.5, 0.6) is 17.2 Å². The number of nitro benzene ring substituents is 1. The van der Waals surface area contributed by atoms with Crippen LogP contribution in [0.3, 0.4) is 0 Å². The molecule has 0 saturated carbocycles. The van der Waals surface area contributed by atoms with Crippen molar-refractivity contribution in [1.82, 2.24) is 4.90 Å². The summed E-state index contributed by atoms with van der Waals surface area (Å²) in [6, 6.07) is 9.41. The highest BCUT2D eigenvalue weighted by atomic mass is 16.6. The van der Waals surface area contributed by atoms with E-state index < -0.39 is 4.92 Å². The van der Waals surface area contributed by atoms with E-state index in [9.17, 15) is 14.9 Å². The fourth-order valence-corrected chi connectivity index (χ4v) is 2.78. The van der Waals surface area contributed by atoms with Gasteiger partial charge in [0, 0.05) is 29.9 Å². The number of nitrogens with zero attached hydrogens (tertiary/aromatic N) is 2. The Labute approximate surface area is 163 Å². The first kappa shape index (κ1) is 21.0. The molecule has 0 bridgehead atoms. The summed E-state index contributed by atoms with van der Waals surface area (Å²) in [4.78, 5) is 24.4. The highest BCUT2D eigenvalue weighted by molar-refractivity contribution is 5.92. The lowest BCUT2D eigenvalue weighted by molar-refractivity contribution is -0.384. The van der Waals surface area contributed by atoms with E-state index in [2.05, 4.69) is 5.32 Å². The van der Waals surface area contributed by atoms with E-state index in [0.717, 1.165) is 5.56 Å². The molecule has 1 N–H and O–H groups in total. The van der Waals surface area contributed by atoms with E-state index in [1.165, 1.54) is 32.4 Å². The number of anilines is 1. The zero-order valence-electron chi connectivity index (χ0n) is 16.2. The van der Waals surface area contributed by atoms with Crippen LogP contribution in [-0.4, -0.2) is 50.7 Å². The van der Waals surface area contributed by atoms with Crippen LogP contribution in [0.15, 0.2) is 36.4 Å². The van der Waals surface area contributed by atoms with Crippen molar-refractivity contribution in [2.75, 3.05) is 40.2 Å². The SMILES string of the molecule is COc1ccc(CN(C)CC(=O)Nc2cccc([N+](=O)[O-])c2)c(OC)c1OC. The molecule has 9 heteroatoms. The van der Waals surface area contributed by atoms with Crippen LogP contribution in [0.2, 0.25) is 0 Å². The third kappa shape index (κ3) is 5.10. The number of nitro groups is 1. The number of hydrogen-bond donors (Lipinski definition) is 1. The average molecular weight is 389 g/mol. The van der Waals surface area contributed by atoms with Crippen LogP contribution in [0, 0.1) is 10.1 Å². The van der Waals surface area contributed by atoms with Crippen molar-refractivity contribution in [3.63, 3.8) is 0 Å². The van der Waals surface area contributed by atoms with Crippen LogP contribution in [0.1, 0.15) is 5.56 Å². The third-order valence-electron chi connectivity index (χ3n) is 3.98. The van der Waals surface area contributed by atoms with E-state index in [4.69, 9.17) is 14.2 Å². The van der Waals surface area contributed by atoms with Crippen LogP contribution in [-0.2, 0) is 11.3 Å². The van der Waals surface area contributed by atoms with Gasteiger partial charge >= 0.3 is 0 Å². The quantitative estimate of drug-likeness (QED) is 0.519. The highest BCUT2D eigenvalue weighted by Gasteiger charge is 2.18. The summed E-state index contributed by atoms with van der Waals surface area (Å²) in [7, 11) is 6.39. The standard InChI is InChI=1S/C19H23N3O6/c1-21(11-13-8-9-16(26-2)19(28-4)18(13)27-3)12-17(23)20-14-6-5-7-15(10-14)22(24)25/h5-10H,11-12H2,1-4H3,(H,20,23). The number of hydrogen-bond acceptors (Lipinski definition) is 7. The van der Waals surface area contributed by atoms with Crippen molar-refractivity contribution in [3.05, 3.63) is 52.1 Å². The zero-order chi connectivity index (χ0) is 20.7. The molecule has 2 rings (SSSR count). The molecule has 1 amide bonds. The molecular formula is C19H23N3O6. The van der Waals surface area contributed by atoms with Gasteiger partial charge in [0.2, 0.25) is 11.7 Å². The lowest BCUT2D eigenvalue weighted by Crippen LogP contribution is -2.30. The number of likely N-dealkylation sites (N-methyl/N-ethyl adjacent to an activating group) is 1. The van der Waals surface area contributed by atoms with Crippen molar-refractivity contribution < 1.29 is 23.9 Å². The van der Waals surface area contributed by atoms with Crippen molar-refractivity contribution in [1.29, 1.82) is 0 Å². The van der Waals surface area contributed by atoms with Crippen molar-refractivity contribution in [2.24, 2.45) is 0 Å². The number of nitrogens with one attached hydrogen (secondary N) is 1. The number of benzene rings is 2. The highest BCUT2D eigenvalue weighted by Crippen LogP contribution is 2.40. The lowest BCUT2D eigenvalue weighted by atomic mass is 10.1. The zero-order valence-corrected chi connectivity index (χ0v) is 16.2. The second kappa shape index (κ2) is 9.56. The molecule has 0 spiro atoms. The van der Waals surface area contributed by atoms with Gasteiger partial charge < -0.3 is 19.5 Å². The molecule has 0 aliphatic heterocycles. The van der Waals surface area contributed by atoms with Crippen LogP contribution < -0.4 is 19.5 Å². The van der Waals surface area contributed by atoms with E-state index in [1.54, 1.807) is 31.2 Å². The number of carbonyl (C=O) groups excluding carboxylic acids is 1. The minimum absolute atomic E-state index is 0.0822. The number of carbonyl (C=O) groups is 1. The molecule has 0 radical (unpaired) electrons. The van der Waals surface area contributed by atoms with Gasteiger partial charge in [-0.2, -0.15) is 0 Å². The molecule has 0 aliphatic rings. The molecule has 0 aromatic heterocycles. The normalized spacial score (nSPS) is 10.5. The largest absolute Gasteiger partial charge is 0.493 e. The molecule has 0 atom stereocenters. The van der Waals surface area contributed by atoms with Gasteiger partial charge in [-0.15, -0.1) is 0 Å². The van der Waals surface area contributed by atoms with Crippen LogP contribution in [0.4, 0.5) is 11.4 Å². The first-order valence-corrected chi connectivity index (χ1v) is 8.40. The van der Waals surface area contributed by atoms with E-state index in [-0.39, 0.29) is 18.1 Å². The Hall–Kier alpha value is -3.33. The van der Waals surface area contributed by atoms with Crippen molar-refractivity contribution in [3.8, 4) is 17.2 Å². The van der Waals surface area contributed by atoms with Gasteiger partial charge in [-0.25, -0.2) is 0 Å². The van der Waals surface area contributed by atoms with Gasteiger partial charge in [-0.1, -0.05) is 12.1 Å². The van der Waals surface area contributed by atoms with E-state index in [0.29, 0.717) is 29.5 Å². The number of amides is 1. The van der Waals surface area contributed by atoms with Crippen LogP contribution in [0.25, 0.3) is 0 Å². The maximum atomic E-state index is 12.3. The molecule has 2 aromatic carbocycles. The summed E-state index contributed by atoms with van der Waals surface area (Å²) in [6.45, 7) is 0.506. The summed E-state index contributed by atoms with van der Waals surface area (Å²) in [5, 5.41) is 13.5. The molecule has 0 unspecified atom stereocenters. The van der Waals surface area contributed by atoms with E-state index >= 15 is 0 Å². The number of ether oxygens (including phenoxy) is 3. The maximum Gasteiger partial charge on any atom is 0.271 e. The third-order valence-corrected chi connectivity index (χ3v) is 3.98. The fraction of sp³-hybridized carbons (Fsp3) is 0.316. The average Bonchev–Trinajstić information content (AvgIpc) is 2.67. The second-order valence-electron chi connectivity index (χ2n) is 6.02. The Kier molecular flexibility index (Phi) is 7.16. The van der Waals surface area contributed by atoms with Gasteiger partial charge in [0.15, 0.2) is 11.5 Å². The van der Waals surface area contributed by atoms with Gasteiger partial charge in [0.05, 0.1) is 32.8 Å². The maximum absolute atomic E-state index is 12.3. The van der Waals surface area contributed by atoms with Gasteiger partial charge in [0.1, 0.15) is 0 Å². The molecule has 0 heterocycles. The predicted octanol–water partition coefficient (Wildman–Crippen LogP) is 2.69. The van der Waals surface area contributed by atoms with Crippen LogP contribution >= 0.6 is 0 Å². The molecule has 0 saturated heterocycles. The molecule has 0 aliphatic carbocycles. The molecule has 28 heavy (non-hydrogen) atoms. The monoisotopic (exact) mass is 389 g/mol. The predicted molar refractivity (Wildman–Crippen MR) is 104 cm³/mol. The molecule has 2 aromatic rings. The Morgan fingerprint density at radius 1 is 1.11 bits per heavy atom. The number of non-ortho nitro benzene ring substituents is 1. The van der Waals surface area contributed by atoms with E-state index in [1.807, 2.05) is 6.07 Å². The fourth-order valence-electron chi connectivity index (χ4n) is 2.78. The number of rotatable bonds is 9. The van der Waals surface area contributed by atoms with Gasteiger partial charge in [0.25, 0.3) is 5.69 Å². The molecule has 0 fully saturated rings. The first-order chi connectivity index (χ1) is 13.4. The second-order valence-corrected chi connectivity index (χ2v) is 6.02. The minimum atomic E-state index is -0.509. The molecule has 150 valence electrons. The minimum Gasteiger partial charge on any atom is -0.493 e. The lowest BCUT2D eigenvalue weighted by Gasteiger charge is -2.20. The Bertz CT molecular complexity index is 856. The Balaban J connectivity index is 2.05. The number of methoxy groups -OCH3 is 3. The Morgan fingerprint density at radius 3 is 2.43 bits per heavy atom. The summed E-state index contributed by atoms with van der Waals surface area (Å²) < 4.78 is 16.1. The van der Waals surface area contributed by atoms with Gasteiger partial charge in [-0.3, -0.25) is 19.8 Å². The summed E-state index contributed by atoms with van der Waals surface area (Å²) in [5.41, 5.74) is 1.11. The van der Waals surface area contributed by atoms with Crippen molar-refractivity contribution >= 4 is 17.3 Å². The van der Waals surface area contributed by atoms with Gasteiger partial charge in [-0.05, 0) is 19.2 Å². The summed E-state index contributed by atoms with van der Waals surface area (Å²) >= 11 is 0. The summed E-state index contributed by atoms with van der Waals surface area (Å²) in [5.74, 6) is 1.28. The Morgan fingerprint density at radius 2 is 1.82 bits per heavy atom. The molecule has 9 nitrogen and oxygen atoms in total. The topological polar surface area (TPSA) is 103 Å². The first-order valence-electron chi connectivity index (χ1n) is 8.40. The van der Waals surface area contributed by atoms with Crippen molar-refractivity contribution in [2.45, 2.75) is 6.54 Å². The smallest absolute Gasteiger partial charge is 0.271 e.